The Bertz CT molecular complexity index is 147. The third kappa shape index (κ3) is 2.47. The molecule has 1 aliphatic rings. The van der Waals surface area contributed by atoms with E-state index in [1.165, 1.54) is 6.42 Å². The maximum Gasteiger partial charge on any atom is 0.306 e. The van der Waals surface area contributed by atoms with Crippen molar-refractivity contribution in [2.75, 3.05) is 6.61 Å². The lowest BCUT2D eigenvalue weighted by molar-refractivity contribution is -0.144. The van der Waals surface area contributed by atoms with Crippen molar-refractivity contribution >= 4 is 21.9 Å². The van der Waals surface area contributed by atoms with Gasteiger partial charge in [0.15, 0.2) is 0 Å². The molecule has 0 spiro atoms. The first kappa shape index (κ1) is 9.04. The second kappa shape index (κ2) is 4.10. The lowest BCUT2D eigenvalue weighted by atomic mass is 9.83. The van der Waals surface area contributed by atoms with Crippen molar-refractivity contribution in [3.8, 4) is 0 Å². The van der Waals surface area contributed by atoms with Crippen LogP contribution in [0.2, 0.25) is 0 Å². The van der Waals surface area contributed by atoms with Crippen LogP contribution in [-0.2, 0) is 9.53 Å². The second-order valence-electron chi connectivity index (χ2n) is 2.86. The number of hydrogen-bond donors (Lipinski definition) is 0. The number of hydrogen-bond acceptors (Lipinski definition) is 2. The van der Waals surface area contributed by atoms with Crippen molar-refractivity contribution in [3.63, 3.8) is 0 Å². The fourth-order valence-corrected chi connectivity index (χ4v) is 1.91. The summed E-state index contributed by atoms with van der Waals surface area (Å²) < 4.78 is 4.84. The van der Waals surface area contributed by atoms with E-state index in [1.54, 1.807) is 0 Å². The SMILES string of the molecule is CCOC(=O)CC1CCC1Br. The Kier molecular flexibility index (Phi) is 3.37. The van der Waals surface area contributed by atoms with Crippen LogP contribution in [0.5, 0.6) is 0 Å². The summed E-state index contributed by atoms with van der Waals surface area (Å²) in [6.45, 7) is 2.34. The number of rotatable bonds is 3. The molecule has 64 valence electrons. The largest absolute Gasteiger partial charge is 0.466 e. The molecule has 0 aromatic carbocycles. The molecule has 0 amide bonds. The fourth-order valence-electron chi connectivity index (χ4n) is 1.19. The number of halogens is 1. The summed E-state index contributed by atoms with van der Waals surface area (Å²) in [5.41, 5.74) is 0. The van der Waals surface area contributed by atoms with Gasteiger partial charge in [-0.3, -0.25) is 4.79 Å². The van der Waals surface area contributed by atoms with Crippen LogP contribution < -0.4 is 0 Å². The number of esters is 1. The Hall–Kier alpha value is -0.0500. The van der Waals surface area contributed by atoms with Gasteiger partial charge in [0, 0.05) is 11.2 Å². The van der Waals surface area contributed by atoms with Crippen molar-refractivity contribution in [2.45, 2.75) is 31.0 Å². The summed E-state index contributed by atoms with van der Waals surface area (Å²) in [4.78, 5) is 11.5. The van der Waals surface area contributed by atoms with Crippen LogP contribution in [0.4, 0.5) is 0 Å². The van der Waals surface area contributed by atoms with Crippen molar-refractivity contribution < 1.29 is 9.53 Å². The van der Waals surface area contributed by atoms with Crippen LogP contribution in [0.1, 0.15) is 26.2 Å². The molecule has 0 radical (unpaired) electrons. The zero-order chi connectivity index (χ0) is 8.27. The highest BCUT2D eigenvalue weighted by molar-refractivity contribution is 9.09. The number of ether oxygens (including phenoxy) is 1. The van der Waals surface area contributed by atoms with Gasteiger partial charge in [-0.2, -0.15) is 0 Å². The number of carbonyl (C=O) groups excluding carboxylic acids is 1. The molecule has 0 bridgehead atoms. The second-order valence-corrected chi connectivity index (χ2v) is 4.04. The average molecular weight is 221 g/mol. The highest BCUT2D eigenvalue weighted by atomic mass is 79.9. The zero-order valence-corrected chi connectivity index (χ0v) is 8.26. The van der Waals surface area contributed by atoms with Crippen LogP contribution in [0, 0.1) is 5.92 Å². The molecule has 0 aromatic heterocycles. The Morgan fingerprint density at radius 3 is 2.73 bits per heavy atom. The third-order valence-corrected chi connectivity index (χ3v) is 3.26. The Morgan fingerprint density at radius 1 is 1.64 bits per heavy atom. The normalized spacial score (nSPS) is 29.3. The lowest BCUT2D eigenvalue weighted by Gasteiger charge is -2.31. The monoisotopic (exact) mass is 220 g/mol. The molecule has 1 aliphatic carbocycles. The quantitative estimate of drug-likeness (QED) is 0.539. The van der Waals surface area contributed by atoms with Crippen LogP contribution in [-0.4, -0.2) is 17.4 Å². The molecule has 2 unspecified atom stereocenters. The smallest absolute Gasteiger partial charge is 0.306 e. The van der Waals surface area contributed by atoms with Gasteiger partial charge in [0.1, 0.15) is 0 Å². The average Bonchev–Trinajstić information content (AvgIpc) is 1.98. The van der Waals surface area contributed by atoms with E-state index in [0.29, 0.717) is 23.8 Å². The molecule has 0 heterocycles. The standard InChI is InChI=1S/C8H13BrO2/c1-2-11-8(10)5-6-3-4-7(6)9/h6-7H,2-5H2,1H3. The molecule has 2 atom stereocenters. The molecular formula is C8H13BrO2. The third-order valence-electron chi connectivity index (χ3n) is 2.06. The van der Waals surface area contributed by atoms with Crippen molar-refractivity contribution in [1.82, 2.24) is 0 Å². The molecule has 11 heavy (non-hydrogen) atoms. The van der Waals surface area contributed by atoms with E-state index in [-0.39, 0.29) is 5.97 Å². The lowest BCUT2D eigenvalue weighted by Crippen LogP contribution is -2.28. The van der Waals surface area contributed by atoms with Gasteiger partial charge in [-0.15, -0.1) is 0 Å². The molecule has 0 aliphatic heterocycles. The zero-order valence-electron chi connectivity index (χ0n) is 6.68. The predicted octanol–water partition coefficient (Wildman–Crippen LogP) is 2.11. The topological polar surface area (TPSA) is 26.3 Å². The molecule has 1 saturated carbocycles. The van der Waals surface area contributed by atoms with E-state index in [9.17, 15) is 4.79 Å². The van der Waals surface area contributed by atoms with E-state index < -0.39 is 0 Å². The van der Waals surface area contributed by atoms with Gasteiger partial charge in [0.2, 0.25) is 0 Å². The van der Waals surface area contributed by atoms with Gasteiger partial charge in [-0.05, 0) is 25.7 Å². The Labute approximate surface area is 75.4 Å². The first-order chi connectivity index (χ1) is 5.24. The Morgan fingerprint density at radius 2 is 2.36 bits per heavy atom. The van der Waals surface area contributed by atoms with Crippen LogP contribution in [0.15, 0.2) is 0 Å². The first-order valence-electron chi connectivity index (χ1n) is 4.03. The minimum atomic E-state index is -0.0540. The number of carbonyl (C=O) groups is 1. The summed E-state index contributed by atoms with van der Waals surface area (Å²) in [6, 6.07) is 0. The minimum absolute atomic E-state index is 0.0540. The molecular weight excluding hydrogens is 208 g/mol. The maximum absolute atomic E-state index is 10.9. The molecule has 0 aromatic rings. The molecule has 2 nitrogen and oxygen atoms in total. The van der Waals surface area contributed by atoms with Crippen LogP contribution in [0.25, 0.3) is 0 Å². The van der Waals surface area contributed by atoms with E-state index in [2.05, 4.69) is 15.9 Å². The van der Waals surface area contributed by atoms with E-state index in [1.807, 2.05) is 6.92 Å². The van der Waals surface area contributed by atoms with Gasteiger partial charge < -0.3 is 4.74 Å². The van der Waals surface area contributed by atoms with Gasteiger partial charge in [-0.1, -0.05) is 15.9 Å². The molecule has 0 saturated heterocycles. The van der Waals surface area contributed by atoms with Gasteiger partial charge in [0.05, 0.1) is 6.61 Å². The molecule has 1 fully saturated rings. The van der Waals surface area contributed by atoms with Crippen molar-refractivity contribution in [1.29, 1.82) is 0 Å². The highest BCUT2D eigenvalue weighted by Gasteiger charge is 2.30. The highest BCUT2D eigenvalue weighted by Crippen LogP contribution is 2.36. The van der Waals surface area contributed by atoms with E-state index in [4.69, 9.17) is 4.74 Å². The van der Waals surface area contributed by atoms with Crippen molar-refractivity contribution in [3.05, 3.63) is 0 Å². The summed E-state index contributed by atoms with van der Waals surface area (Å²) in [5.74, 6) is 0.468. The summed E-state index contributed by atoms with van der Waals surface area (Å²) in [5, 5.41) is 0. The summed E-state index contributed by atoms with van der Waals surface area (Å²) in [6.07, 6.45) is 2.95. The van der Waals surface area contributed by atoms with Gasteiger partial charge >= 0.3 is 5.97 Å². The van der Waals surface area contributed by atoms with Crippen molar-refractivity contribution in [2.24, 2.45) is 5.92 Å². The fraction of sp³-hybridized carbons (Fsp3) is 0.875. The van der Waals surface area contributed by atoms with Gasteiger partial charge in [0.25, 0.3) is 0 Å². The molecule has 3 heteroatoms. The van der Waals surface area contributed by atoms with Crippen LogP contribution >= 0.6 is 15.9 Å². The maximum atomic E-state index is 10.9. The number of alkyl halides is 1. The van der Waals surface area contributed by atoms with Crippen LogP contribution in [0.3, 0.4) is 0 Å². The summed E-state index contributed by atoms with van der Waals surface area (Å²) >= 11 is 3.50. The van der Waals surface area contributed by atoms with E-state index in [0.717, 1.165) is 6.42 Å². The van der Waals surface area contributed by atoms with Gasteiger partial charge in [-0.25, -0.2) is 0 Å². The van der Waals surface area contributed by atoms with E-state index >= 15 is 0 Å². The summed E-state index contributed by atoms with van der Waals surface area (Å²) in [7, 11) is 0. The minimum Gasteiger partial charge on any atom is -0.466 e. The predicted molar refractivity (Wildman–Crippen MR) is 46.7 cm³/mol. The first-order valence-corrected chi connectivity index (χ1v) is 4.95. The molecule has 1 rings (SSSR count). The molecule has 0 N–H and O–H groups in total. The Balaban J connectivity index is 2.14.